The first-order chi connectivity index (χ1) is 8.33. The first-order valence-electron chi connectivity index (χ1n) is 5.55. The van der Waals surface area contributed by atoms with E-state index in [0.717, 1.165) is 11.1 Å². The molecule has 2 aromatic carbocycles. The largest absolute Gasteiger partial charge is 0.346 e. The summed E-state index contributed by atoms with van der Waals surface area (Å²) in [7, 11) is 3.31. The van der Waals surface area contributed by atoms with Crippen molar-refractivity contribution in [3.8, 4) is 0 Å². The summed E-state index contributed by atoms with van der Waals surface area (Å²) in [6.45, 7) is 0. The molecule has 0 aliphatic heterocycles. The van der Waals surface area contributed by atoms with Crippen LogP contribution in [0.4, 0.5) is 0 Å². The number of benzene rings is 2. The lowest BCUT2D eigenvalue weighted by Gasteiger charge is -2.31. The zero-order chi connectivity index (χ0) is 12.1. The summed E-state index contributed by atoms with van der Waals surface area (Å²) in [5, 5.41) is 0. The fraction of sp³-hybridized carbons (Fsp3) is 0.200. The maximum absolute atomic E-state index is 5.64. The Morgan fingerprint density at radius 1 is 0.647 bits per heavy atom. The Morgan fingerprint density at radius 3 is 1.29 bits per heavy atom. The van der Waals surface area contributed by atoms with Gasteiger partial charge in [-0.15, -0.1) is 0 Å². The van der Waals surface area contributed by atoms with Crippen LogP contribution in [0.5, 0.6) is 0 Å². The highest BCUT2D eigenvalue weighted by atomic mass is 16.7. The van der Waals surface area contributed by atoms with Gasteiger partial charge in [0.05, 0.1) is 0 Å². The van der Waals surface area contributed by atoms with Crippen molar-refractivity contribution in [2.24, 2.45) is 0 Å². The number of methoxy groups -OCH3 is 2. The third-order valence-corrected chi connectivity index (χ3v) is 2.88. The molecule has 0 bridgehead atoms. The van der Waals surface area contributed by atoms with Crippen LogP contribution in [0, 0.1) is 0 Å². The van der Waals surface area contributed by atoms with Crippen molar-refractivity contribution in [1.29, 1.82) is 0 Å². The summed E-state index contributed by atoms with van der Waals surface area (Å²) in [6, 6.07) is 19.9. The highest BCUT2D eigenvalue weighted by Gasteiger charge is 2.33. The third-order valence-electron chi connectivity index (χ3n) is 2.88. The molecule has 0 aliphatic carbocycles. The summed E-state index contributed by atoms with van der Waals surface area (Å²) < 4.78 is 11.3. The summed E-state index contributed by atoms with van der Waals surface area (Å²) in [5.74, 6) is -0.831. The van der Waals surface area contributed by atoms with Crippen LogP contribution >= 0.6 is 0 Å². The Hall–Kier alpha value is -1.64. The quantitative estimate of drug-likeness (QED) is 0.748. The lowest BCUT2D eigenvalue weighted by molar-refractivity contribution is -0.183. The van der Waals surface area contributed by atoms with E-state index in [1.54, 1.807) is 14.2 Å². The molecule has 0 aromatic heterocycles. The van der Waals surface area contributed by atoms with Crippen LogP contribution in [0.1, 0.15) is 11.1 Å². The minimum absolute atomic E-state index is 0.831. The number of ether oxygens (including phenoxy) is 2. The molecule has 0 fully saturated rings. The summed E-state index contributed by atoms with van der Waals surface area (Å²) in [4.78, 5) is 0. The number of hydrogen-bond acceptors (Lipinski definition) is 2. The van der Waals surface area contributed by atoms with Crippen molar-refractivity contribution < 1.29 is 9.47 Å². The molecule has 2 heteroatoms. The second-order valence-corrected chi connectivity index (χ2v) is 3.76. The molecule has 2 aromatic rings. The maximum atomic E-state index is 5.64. The first kappa shape index (κ1) is 11.8. The van der Waals surface area contributed by atoms with Crippen molar-refractivity contribution in [1.82, 2.24) is 0 Å². The third kappa shape index (κ3) is 2.09. The molecule has 0 N–H and O–H groups in total. The van der Waals surface area contributed by atoms with Gasteiger partial charge in [0, 0.05) is 25.3 Å². The minimum atomic E-state index is -0.831. The van der Waals surface area contributed by atoms with Crippen molar-refractivity contribution in [2.75, 3.05) is 14.2 Å². The second-order valence-electron chi connectivity index (χ2n) is 3.76. The normalized spacial score (nSPS) is 11.4. The van der Waals surface area contributed by atoms with Gasteiger partial charge in [-0.2, -0.15) is 0 Å². The molecule has 0 atom stereocenters. The molecule has 17 heavy (non-hydrogen) atoms. The second kappa shape index (κ2) is 5.13. The fourth-order valence-corrected chi connectivity index (χ4v) is 2.04. The van der Waals surface area contributed by atoms with Gasteiger partial charge in [0.25, 0.3) is 0 Å². The van der Waals surface area contributed by atoms with Gasteiger partial charge in [-0.1, -0.05) is 60.7 Å². The van der Waals surface area contributed by atoms with Gasteiger partial charge in [-0.3, -0.25) is 0 Å². The summed E-state index contributed by atoms with van der Waals surface area (Å²) >= 11 is 0. The predicted molar refractivity (Wildman–Crippen MR) is 67.7 cm³/mol. The number of rotatable bonds is 4. The summed E-state index contributed by atoms with van der Waals surface area (Å²) in [6.07, 6.45) is 0. The van der Waals surface area contributed by atoms with E-state index >= 15 is 0 Å². The smallest absolute Gasteiger partial charge is 0.221 e. The Kier molecular flexibility index (Phi) is 3.57. The molecule has 88 valence electrons. The van der Waals surface area contributed by atoms with Gasteiger partial charge in [-0.05, 0) is 0 Å². The molecule has 0 saturated carbocycles. The predicted octanol–water partition coefficient (Wildman–Crippen LogP) is 3.18. The van der Waals surface area contributed by atoms with Crippen molar-refractivity contribution in [3.63, 3.8) is 0 Å². The van der Waals surface area contributed by atoms with E-state index in [0.29, 0.717) is 0 Å². The van der Waals surface area contributed by atoms with Gasteiger partial charge < -0.3 is 9.47 Å². The molecule has 0 saturated heterocycles. The zero-order valence-corrected chi connectivity index (χ0v) is 10.1. The van der Waals surface area contributed by atoms with E-state index in [1.165, 1.54) is 0 Å². The molecule has 0 spiro atoms. The molecule has 0 heterocycles. The zero-order valence-electron chi connectivity index (χ0n) is 10.1. The number of hydrogen-bond donors (Lipinski definition) is 0. The van der Waals surface area contributed by atoms with Gasteiger partial charge >= 0.3 is 0 Å². The summed E-state index contributed by atoms with van der Waals surface area (Å²) in [5.41, 5.74) is 1.97. The molecule has 0 unspecified atom stereocenters. The van der Waals surface area contributed by atoms with Crippen LogP contribution in [-0.2, 0) is 15.3 Å². The maximum Gasteiger partial charge on any atom is 0.221 e. The van der Waals surface area contributed by atoms with Crippen molar-refractivity contribution in [3.05, 3.63) is 71.8 Å². The molecule has 2 nitrogen and oxygen atoms in total. The lowest BCUT2D eigenvalue weighted by Crippen LogP contribution is -2.32. The molecule has 0 radical (unpaired) electrons. The Balaban J connectivity index is 2.54. The highest BCUT2D eigenvalue weighted by molar-refractivity contribution is 5.33. The van der Waals surface area contributed by atoms with E-state index in [-0.39, 0.29) is 0 Å². The first-order valence-corrected chi connectivity index (χ1v) is 5.55. The van der Waals surface area contributed by atoms with E-state index in [1.807, 2.05) is 60.7 Å². The van der Waals surface area contributed by atoms with Crippen LogP contribution in [0.25, 0.3) is 0 Å². The fourth-order valence-electron chi connectivity index (χ4n) is 2.04. The van der Waals surface area contributed by atoms with Gasteiger partial charge in [0.15, 0.2) is 0 Å². The van der Waals surface area contributed by atoms with Crippen LogP contribution in [0.15, 0.2) is 60.7 Å². The van der Waals surface area contributed by atoms with E-state index < -0.39 is 5.79 Å². The van der Waals surface area contributed by atoms with Crippen LogP contribution in [0.3, 0.4) is 0 Å². The average Bonchev–Trinajstić information content (AvgIpc) is 2.43. The lowest BCUT2D eigenvalue weighted by atomic mass is 9.97. The molecule has 0 amide bonds. The van der Waals surface area contributed by atoms with Crippen LogP contribution < -0.4 is 0 Å². The Labute approximate surface area is 102 Å². The Bertz CT molecular complexity index is 405. The SMILES string of the molecule is COC(OC)(c1ccccc1)c1ccccc1. The van der Waals surface area contributed by atoms with E-state index in [2.05, 4.69) is 0 Å². The standard InChI is InChI=1S/C15H16O2/c1-16-15(17-2,13-9-5-3-6-10-13)14-11-7-4-8-12-14/h3-12H,1-2H3. The molecular weight excluding hydrogens is 212 g/mol. The topological polar surface area (TPSA) is 18.5 Å². The van der Waals surface area contributed by atoms with Crippen molar-refractivity contribution >= 4 is 0 Å². The minimum Gasteiger partial charge on any atom is -0.346 e. The highest BCUT2D eigenvalue weighted by Crippen LogP contribution is 2.33. The van der Waals surface area contributed by atoms with Crippen LogP contribution in [-0.4, -0.2) is 14.2 Å². The molecule has 2 rings (SSSR count). The van der Waals surface area contributed by atoms with E-state index in [9.17, 15) is 0 Å². The molecule has 0 aliphatic rings. The van der Waals surface area contributed by atoms with Gasteiger partial charge in [0.1, 0.15) is 0 Å². The monoisotopic (exact) mass is 228 g/mol. The van der Waals surface area contributed by atoms with E-state index in [4.69, 9.17) is 9.47 Å². The van der Waals surface area contributed by atoms with Crippen molar-refractivity contribution in [2.45, 2.75) is 5.79 Å². The van der Waals surface area contributed by atoms with Crippen LogP contribution in [0.2, 0.25) is 0 Å². The Morgan fingerprint density at radius 2 is 1.00 bits per heavy atom. The van der Waals surface area contributed by atoms with Gasteiger partial charge in [-0.25, -0.2) is 0 Å². The molecular formula is C15H16O2. The van der Waals surface area contributed by atoms with Gasteiger partial charge in [0.2, 0.25) is 5.79 Å². The average molecular weight is 228 g/mol.